The average Bonchev–Trinajstić information content (AvgIpc) is 2.39. The molecule has 0 fully saturated rings. The number of rotatable bonds is 7. The second-order valence-corrected chi connectivity index (χ2v) is 5.76. The van der Waals surface area contributed by atoms with E-state index in [1.165, 1.54) is 14.2 Å². The normalized spacial score (nSPS) is 11.2. The number of hydrogen-bond acceptors (Lipinski definition) is 6. The molecule has 0 atom stereocenters. The number of nitro groups is 1. The Labute approximate surface area is 115 Å². The Morgan fingerprint density at radius 2 is 2.10 bits per heavy atom. The van der Waals surface area contributed by atoms with Gasteiger partial charge in [-0.1, -0.05) is 0 Å². The summed E-state index contributed by atoms with van der Waals surface area (Å²) in [6.45, 7) is -0.0545. The zero-order valence-corrected chi connectivity index (χ0v) is 11.7. The van der Waals surface area contributed by atoms with Gasteiger partial charge in [0.1, 0.15) is 0 Å². The number of ether oxygens (including phenoxy) is 1. The van der Waals surface area contributed by atoms with Gasteiger partial charge in [0.15, 0.2) is 11.6 Å². The van der Waals surface area contributed by atoms with Crippen molar-refractivity contribution in [3.8, 4) is 5.75 Å². The van der Waals surface area contributed by atoms with Crippen molar-refractivity contribution in [2.24, 2.45) is 0 Å². The van der Waals surface area contributed by atoms with Crippen LogP contribution in [0.4, 0.5) is 15.8 Å². The van der Waals surface area contributed by atoms with Crippen LogP contribution in [-0.2, 0) is 10.0 Å². The molecule has 0 aliphatic carbocycles. The molecule has 1 aromatic carbocycles. The maximum Gasteiger partial charge on any atom is 0.313 e. The SMILES string of the molecule is CNS(=O)(=O)CCNc1cc(OC)c([N+](=O)[O-])cc1F. The van der Waals surface area contributed by atoms with Crippen LogP contribution >= 0.6 is 0 Å². The van der Waals surface area contributed by atoms with E-state index in [1.807, 2.05) is 0 Å². The molecule has 0 aromatic heterocycles. The van der Waals surface area contributed by atoms with E-state index in [-0.39, 0.29) is 23.7 Å². The maximum atomic E-state index is 13.6. The monoisotopic (exact) mass is 307 g/mol. The van der Waals surface area contributed by atoms with Crippen LogP contribution in [-0.4, -0.2) is 39.8 Å². The third-order valence-corrected chi connectivity index (χ3v) is 3.83. The quantitative estimate of drug-likeness (QED) is 0.567. The van der Waals surface area contributed by atoms with Crippen LogP contribution in [0.1, 0.15) is 0 Å². The molecule has 0 radical (unpaired) electrons. The van der Waals surface area contributed by atoms with Gasteiger partial charge in [-0.05, 0) is 7.05 Å². The van der Waals surface area contributed by atoms with Gasteiger partial charge in [0.05, 0.1) is 29.5 Å². The van der Waals surface area contributed by atoms with Crippen LogP contribution in [0.2, 0.25) is 0 Å². The first-order valence-electron chi connectivity index (χ1n) is 5.47. The molecule has 1 aromatic rings. The van der Waals surface area contributed by atoms with Gasteiger partial charge < -0.3 is 10.1 Å². The third kappa shape index (κ3) is 4.03. The average molecular weight is 307 g/mol. The predicted molar refractivity (Wildman–Crippen MR) is 70.9 cm³/mol. The van der Waals surface area contributed by atoms with Crippen LogP contribution in [0.25, 0.3) is 0 Å². The number of nitrogens with one attached hydrogen (secondary N) is 2. The first-order chi connectivity index (χ1) is 9.30. The van der Waals surface area contributed by atoms with Gasteiger partial charge in [-0.25, -0.2) is 17.5 Å². The molecule has 0 saturated heterocycles. The largest absolute Gasteiger partial charge is 0.490 e. The molecular weight excluding hydrogens is 293 g/mol. The number of halogens is 1. The smallest absolute Gasteiger partial charge is 0.313 e. The fourth-order valence-electron chi connectivity index (χ4n) is 1.41. The number of sulfonamides is 1. The number of anilines is 1. The summed E-state index contributed by atoms with van der Waals surface area (Å²) in [4.78, 5) is 9.91. The molecule has 8 nitrogen and oxygen atoms in total. The standard InChI is InChI=1S/C10H14FN3O5S/c1-12-20(17,18)4-3-13-8-6-10(19-2)9(14(15)16)5-7(8)11/h5-6,12-13H,3-4H2,1-2H3. The molecule has 0 spiro atoms. The molecule has 0 amide bonds. The molecule has 0 heterocycles. The molecule has 0 saturated carbocycles. The number of benzene rings is 1. The highest BCUT2D eigenvalue weighted by atomic mass is 32.2. The van der Waals surface area contributed by atoms with E-state index in [0.717, 1.165) is 6.07 Å². The van der Waals surface area contributed by atoms with Gasteiger partial charge in [-0.3, -0.25) is 10.1 Å². The summed E-state index contributed by atoms with van der Waals surface area (Å²) >= 11 is 0. The Bertz CT molecular complexity index is 605. The summed E-state index contributed by atoms with van der Waals surface area (Å²) in [6.07, 6.45) is 0. The van der Waals surface area contributed by atoms with E-state index in [2.05, 4.69) is 10.0 Å². The van der Waals surface area contributed by atoms with E-state index >= 15 is 0 Å². The fourth-order valence-corrected chi connectivity index (χ4v) is 1.98. The minimum atomic E-state index is -3.41. The molecule has 10 heteroatoms. The second-order valence-electron chi connectivity index (χ2n) is 3.71. The van der Waals surface area contributed by atoms with Crippen molar-refractivity contribution in [1.82, 2.24) is 4.72 Å². The first kappa shape index (κ1) is 16.1. The van der Waals surface area contributed by atoms with Gasteiger partial charge in [0, 0.05) is 12.6 Å². The third-order valence-electron chi connectivity index (χ3n) is 2.46. The Kier molecular flexibility index (Phi) is 5.22. The van der Waals surface area contributed by atoms with Gasteiger partial charge in [0.2, 0.25) is 10.0 Å². The summed E-state index contributed by atoms with van der Waals surface area (Å²) in [5, 5.41) is 13.2. The van der Waals surface area contributed by atoms with E-state index in [1.54, 1.807) is 0 Å². The van der Waals surface area contributed by atoms with Crippen LogP contribution in [0.15, 0.2) is 12.1 Å². The fraction of sp³-hybridized carbons (Fsp3) is 0.400. The molecule has 20 heavy (non-hydrogen) atoms. The number of methoxy groups -OCH3 is 1. The maximum absolute atomic E-state index is 13.6. The molecular formula is C10H14FN3O5S. The van der Waals surface area contributed by atoms with Crippen molar-refractivity contribution in [3.63, 3.8) is 0 Å². The van der Waals surface area contributed by atoms with Crippen molar-refractivity contribution in [3.05, 3.63) is 28.1 Å². The molecule has 0 bridgehead atoms. The second kappa shape index (κ2) is 6.48. The van der Waals surface area contributed by atoms with Crippen LogP contribution in [0.5, 0.6) is 5.75 Å². The zero-order valence-electron chi connectivity index (χ0n) is 10.8. The summed E-state index contributed by atoms with van der Waals surface area (Å²) in [7, 11) is -0.928. The number of nitrogens with zero attached hydrogens (tertiary/aromatic N) is 1. The van der Waals surface area contributed by atoms with E-state index < -0.39 is 26.5 Å². The first-order valence-corrected chi connectivity index (χ1v) is 7.13. The van der Waals surface area contributed by atoms with Crippen LogP contribution in [0.3, 0.4) is 0 Å². The summed E-state index contributed by atoms with van der Waals surface area (Å²) in [5.41, 5.74) is -0.572. The zero-order chi connectivity index (χ0) is 15.3. The van der Waals surface area contributed by atoms with Gasteiger partial charge in [0.25, 0.3) is 0 Å². The Balaban J connectivity index is 2.89. The topological polar surface area (TPSA) is 111 Å². The predicted octanol–water partition coefficient (Wildman–Crippen LogP) is 0.704. The van der Waals surface area contributed by atoms with Crippen LogP contribution < -0.4 is 14.8 Å². The minimum Gasteiger partial charge on any atom is -0.490 e. The number of hydrogen-bond donors (Lipinski definition) is 2. The summed E-state index contributed by atoms with van der Waals surface area (Å²) in [6, 6.07) is 1.83. The summed E-state index contributed by atoms with van der Waals surface area (Å²) < 4.78 is 42.9. The van der Waals surface area contributed by atoms with E-state index in [9.17, 15) is 22.9 Å². The van der Waals surface area contributed by atoms with Crippen molar-refractivity contribution < 1.29 is 22.5 Å². The Morgan fingerprint density at radius 1 is 1.45 bits per heavy atom. The van der Waals surface area contributed by atoms with Crippen molar-refractivity contribution in [2.75, 3.05) is 31.8 Å². The molecule has 0 unspecified atom stereocenters. The van der Waals surface area contributed by atoms with Gasteiger partial charge >= 0.3 is 5.69 Å². The molecule has 0 aliphatic heterocycles. The highest BCUT2D eigenvalue weighted by Gasteiger charge is 2.19. The van der Waals surface area contributed by atoms with Crippen molar-refractivity contribution in [2.45, 2.75) is 0 Å². The van der Waals surface area contributed by atoms with E-state index in [0.29, 0.717) is 6.07 Å². The lowest BCUT2D eigenvalue weighted by atomic mass is 10.2. The molecule has 1 rings (SSSR count). The highest BCUT2D eigenvalue weighted by Crippen LogP contribution is 2.32. The van der Waals surface area contributed by atoms with Crippen molar-refractivity contribution >= 4 is 21.4 Å². The molecule has 112 valence electrons. The Hall–Kier alpha value is -1.94. The van der Waals surface area contributed by atoms with Crippen LogP contribution in [0, 0.1) is 15.9 Å². The lowest BCUT2D eigenvalue weighted by Gasteiger charge is -2.10. The van der Waals surface area contributed by atoms with E-state index in [4.69, 9.17) is 4.74 Å². The van der Waals surface area contributed by atoms with Gasteiger partial charge in [-0.15, -0.1) is 0 Å². The molecule has 0 aliphatic rings. The highest BCUT2D eigenvalue weighted by molar-refractivity contribution is 7.89. The minimum absolute atomic E-state index is 0.0545. The lowest BCUT2D eigenvalue weighted by Crippen LogP contribution is -2.26. The Morgan fingerprint density at radius 3 is 2.60 bits per heavy atom. The molecule has 2 N–H and O–H groups in total. The van der Waals surface area contributed by atoms with Crippen molar-refractivity contribution in [1.29, 1.82) is 0 Å². The lowest BCUT2D eigenvalue weighted by molar-refractivity contribution is -0.385. The summed E-state index contributed by atoms with van der Waals surface area (Å²) in [5.74, 6) is -1.24. The number of nitro benzene ring substituents is 1. The van der Waals surface area contributed by atoms with Gasteiger partial charge in [-0.2, -0.15) is 0 Å².